The number of hydrogen-bond acceptors (Lipinski definition) is 3. The summed E-state index contributed by atoms with van der Waals surface area (Å²) in [5.41, 5.74) is 6.98. The molecule has 0 atom stereocenters. The second-order valence-electron chi connectivity index (χ2n) is 5.57. The van der Waals surface area contributed by atoms with E-state index in [2.05, 4.69) is 11.1 Å². The molecule has 0 unspecified atom stereocenters. The summed E-state index contributed by atoms with van der Waals surface area (Å²) >= 11 is 5.85. The van der Waals surface area contributed by atoms with Crippen LogP contribution >= 0.6 is 11.6 Å². The maximum absolute atomic E-state index is 11.3. The molecule has 1 heterocycles. The Kier molecular flexibility index (Phi) is 4.19. The van der Waals surface area contributed by atoms with Gasteiger partial charge >= 0.3 is 0 Å². The van der Waals surface area contributed by atoms with Gasteiger partial charge in [0, 0.05) is 24.3 Å². The van der Waals surface area contributed by atoms with E-state index in [0.29, 0.717) is 17.9 Å². The standard InChI is InChI=1S/C15H17ClN4O/c1-15(2,8-13(18)21)20-12-7-10(9-17)3-4-11(12)19-14(20)5-6-16/h3-4,7H,5-6,8H2,1-2H3,(H2,18,21). The number of nitrogens with zero attached hydrogens (tertiary/aromatic N) is 3. The van der Waals surface area contributed by atoms with Gasteiger partial charge in [-0.2, -0.15) is 5.26 Å². The first kappa shape index (κ1) is 15.3. The van der Waals surface area contributed by atoms with E-state index in [-0.39, 0.29) is 12.3 Å². The van der Waals surface area contributed by atoms with Crippen LogP contribution in [0.3, 0.4) is 0 Å². The van der Waals surface area contributed by atoms with Crippen LogP contribution in [-0.4, -0.2) is 21.3 Å². The first-order valence-corrected chi connectivity index (χ1v) is 7.18. The molecule has 0 aliphatic heterocycles. The number of primary amides is 1. The molecule has 21 heavy (non-hydrogen) atoms. The topological polar surface area (TPSA) is 84.7 Å². The van der Waals surface area contributed by atoms with Gasteiger partial charge in [-0.1, -0.05) is 0 Å². The number of carbonyl (C=O) groups excluding carboxylic acids is 1. The van der Waals surface area contributed by atoms with Gasteiger partial charge in [0.1, 0.15) is 5.82 Å². The van der Waals surface area contributed by atoms with Crippen molar-refractivity contribution in [3.05, 3.63) is 29.6 Å². The summed E-state index contributed by atoms with van der Waals surface area (Å²) in [5.74, 6) is 0.845. The molecule has 6 heteroatoms. The number of nitriles is 1. The molecule has 0 bridgehead atoms. The number of nitrogens with two attached hydrogens (primary N) is 1. The number of amides is 1. The lowest BCUT2D eigenvalue weighted by molar-refractivity contribution is -0.119. The molecule has 0 aliphatic rings. The molecule has 0 aliphatic carbocycles. The lowest BCUT2D eigenvalue weighted by Gasteiger charge is -2.28. The van der Waals surface area contributed by atoms with Crippen LogP contribution in [0.2, 0.25) is 0 Å². The fourth-order valence-electron chi connectivity index (χ4n) is 2.63. The Labute approximate surface area is 128 Å². The van der Waals surface area contributed by atoms with Gasteiger partial charge in [0.05, 0.1) is 22.7 Å². The Balaban J connectivity index is 2.70. The third kappa shape index (κ3) is 3.01. The fourth-order valence-corrected chi connectivity index (χ4v) is 2.80. The SMILES string of the molecule is CC(C)(CC(N)=O)n1c(CCCl)nc2ccc(C#N)cc21. The number of aryl methyl sites for hydroxylation is 1. The van der Waals surface area contributed by atoms with Gasteiger partial charge in [0.15, 0.2) is 0 Å². The number of aromatic nitrogens is 2. The zero-order valence-corrected chi connectivity index (χ0v) is 12.8. The number of hydrogen-bond donors (Lipinski definition) is 1. The normalized spacial score (nSPS) is 11.5. The van der Waals surface area contributed by atoms with Crippen molar-refractivity contribution in [2.24, 2.45) is 5.73 Å². The van der Waals surface area contributed by atoms with Crippen LogP contribution in [-0.2, 0) is 16.8 Å². The summed E-state index contributed by atoms with van der Waals surface area (Å²) < 4.78 is 1.97. The molecule has 0 radical (unpaired) electrons. The van der Waals surface area contributed by atoms with Gasteiger partial charge in [-0.25, -0.2) is 4.98 Å². The molecule has 0 saturated heterocycles. The Hall–Kier alpha value is -2.06. The van der Waals surface area contributed by atoms with Gasteiger partial charge in [0.2, 0.25) is 5.91 Å². The molecule has 2 aromatic rings. The lowest BCUT2D eigenvalue weighted by Crippen LogP contribution is -2.33. The van der Waals surface area contributed by atoms with E-state index >= 15 is 0 Å². The molecule has 0 spiro atoms. The van der Waals surface area contributed by atoms with E-state index in [1.54, 1.807) is 12.1 Å². The van der Waals surface area contributed by atoms with E-state index in [1.165, 1.54) is 0 Å². The van der Waals surface area contributed by atoms with Crippen LogP contribution in [0.15, 0.2) is 18.2 Å². The third-order valence-electron chi connectivity index (χ3n) is 3.38. The summed E-state index contributed by atoms with van der Waals surface area (Å²) in [6.07, 6.45) is 0.769. The molecule has 2 rings (SSSR count). The van der Waals surface area contributed by atoms with Crippen LogP contribution in [0.5, 0.6) is 0 Å². The fraction of sp³-hybridized carbons (Fsp3) is 0.400. The van der Waals surface area contributed by atoms with E-state index < -0.39 is 5.54 Å². The molecule has 1 aromatic heterocycles. The molecule has 0 saturated carbocycles. The van der Waals surface area contributed by atoms with Crippen molar-refractivity contribution in [1.29, 1.82) is 5.26 Å². The Bertz CT molecular complexity index is 727. The van der Waals surface area contributed by atoms with Crippen LogP contribution in [0.25, 0.3) is 11.0 Å². The van der Waals surface area contributed by atoms with Crippen molar-refractivity contribution in [3.8, 4) is 6.07 Å². The van der Waals surface area contributed by atoms with Gasteiger partial charge in [-0.3, -0.25) is 4.79 Å². The zero-order chi connectivity index (χ0) is 15.6. The highest BCUT2D eigenvalue weighted by atomic mass is 35.5. The van der Waals surface area contributed by atoms with Crippen LogP contribution in [0.4, 0.5) is 0 Å². The maximum Gasteiger partial charge on any atom is 0.219 e. The number of halogens is 1. The Morgan fingerprint density at radius 2 is 2.24 bits per heavy atom. The molecule has 0 fully saturated rings. The molecular formula is C15H17ClN4O. The first-order valence-electron chi connectivity index (χ1n) is 6.65. The summed E-state index contributed by atoms with van der Waals surface area (Å²) in [7, 11) is 0. The minimum absolute atomic E-state index is 0.185. The van der Waals surface area contributed by atoms with Gasteiger partial charge < -0.3 is 10.3 Å². The molecule has 5 nitrogen and oxygen atoms in total. The molecule has 110 valence electrons. The van der Waals surface area contributed by atoms with Gasteiger partial charge in [-0.05, 0) is 32.0 Å². The minimum atomic E-state index is -0.532. The third-order valence-corrected chi connectivity index (χ3v) is 3.57. The van der Waals surface area contributed by atoms with Crippen molar-refractivity contribution in [3.63, 3.8) is 0 Å². The number of rotatable bonds is 5. The van der Waals surface area contributed by atoms with E-state index in [4.69, 9.17) is 22.6 Å². The predicted molar refractivity (Wildman–Crippen MR) is 82.0 cm³/mol. The second kappa shape index (κ2) is 5.74. The summed E-state index contributed by atoms with van der Waals surface area (Å²) in [4.78, 5) is 15.9. The highest BCUT2D eigenvalue weighted by molar-refractivity contribution is 6.17. The van der Waals surface area contributed by atoms with E-state index in [1.807, 2.05) is 24.5 Å². The van der Waals surface area contributed by atoms with Gasteiger partial charge in [0.25, 0.3) is 0 Å². The highest BCUT2D eigenvalue weighted by Gasteiger charge is 2.27. The molecule has 1 amide bonds. The average Bonchev–Trinajstić information content (AvgIpc) is 2.75. The predicted octanol–water partition coefficient (Wildman–Crippen LogP) is 2.30. The zero-order valence-electron chi connectivity index (χ0n) is 12.1. The summed E-state index contributed by atoms with van der Waals surface area (Å²) in [5, 5.41) is 9.07. The van der Waals surface area contributed by atoms with Crippen molar-refractivity contribution >= 4 is 28.5 Å². The largest absolute Gasteiger partial charge is 0.370 e. The lowest BCUT2D eigenvalue weighted by atomic mass is 9.99. The summed E-state index contributed by atoms with van der Waals surface area (Å²) in [6, 6.07) is 7.44. The summed E-state index contributed by atoms with van der Waals surface area (Å²) in [6.45, 7) is 3.85. The first-order chi connectivity index (χ1) is 9.89. The average molecular weight is 305 g/mol. The number of benzene rings is 1. The van der Waals surface area contributed by atoms with Crippen LogP contribution in [0.1, 0.15) is 31.7 Å². The van der Waals surface area contributed by atoms with Crippen molar-refractivity contribution in [2.75, 3.05) is 5.88 Å². The second-order valence-corrected chi connectivity index (χ2v) is 5.95. The minimum Gasteiger partial charge on any atom is -0.370 e. The molecular weight excluding hydrogens is 288 g/mol. The smallest absolute Gasteiger partial charge is 0.219 e. The van der Waals surface area contributed by atoms with E-state index in [9.17, 15) is 4.79 Å². The van der Waals surface area contributed by atoms with E-state index in [0.717, 1.165) is 16.9 Å². The monoisotopic (exact) mass is 304 g/mol. The Morgan fingerprint density at radius 3 is 2.81 bits per heavy atom. The Morgan fingerprint density at radius 1 is 1.52 bits per heavy atom. The van der Waals surface area contributed by atoms with Crippen LogP contribution < -0.4 is 5.73 Å². The number of alkyl halides is 1. The quantitative estimate of drug-likeness (QED) is 0.860. The highest BCUT2D eigenvalue weighted by Crippen LogP contribution is 2.29. The molecule has 1 aromatic carbocycles. The maximum atomic E-state index is 11.3. The van der Waals surface area contributed by atoms with Crippen molar-refractivity contribution < 1.29 is 4.79 Å². The number of fused-ring (bicyclic) bond motifs is 1. The van der Waals surface area contributed by atoms with Crippen molar-refractivity contribution in [1.82, 2.24) is 9.55 Å². The number of carbonyl (C=O) groups is 1. The van der Waals surface area contributed by atoms with Crippen molar-refractivity contribution in [2.45, 2.75) is 32.2 Å². The van der Waals surface area contributed by atoms with Crippen LogP contribution in [0, 0.1) is 11.3 Å². The number of imidazole rings is 1. The molecule has 2 N–H and O–H groups in total. The van der Waals surface area contributed by atoms with Gasteiger partial charge in [-0.15, -0.1) is 11.6 Å².